The Bertz CT molecular complexity index is 638. The van der Waals surface area contributed by atoms with Crippen LogP contribution in [0.4, 0.5) is 0 Å². The minimum absolute atomic E-state index is 0.174. The monoisotopic (exact) mass is 258 g/mol. The van der Waals surface area contributed by atoms with Crippen molar-refractivity contribution >= 4 is 11.0 Å². The molecule has 0 N–H and O–H groups in total. The molecule has 3 heteroatoms. The molecule has 19 heavy (non-hydrogen) atoms. The first-order chi connectivity index (χ1) is 9.27. The highest BCUT2D eigenvalue weighted by Gasteiger charge is 2.40. The first-order valence-corrected chi connectivity index (χ1v) is 7.47. The minimum Gasteiger partial charge on any atom is -0.292 e. The number of para-hydroxylation sites is 2. The molecule has 1 fully saturated rings. The van der Waals surface area contributed by atoms with Crippen molar-refractivity contribution < 1.29 is 0 Å². The summed E-state index contributed by atoms with van der Waals surface area (Å²) < 4.78 is 3.93. The number of nitrogens with zero attached hydrogens (tertiary/aromatic N) is 2. The first-order valence-electron chi connectivity index (χ1n) is 7.47. The fraction of sp³-hybridized carbons (Fsp3) is 0.562. The number of fused-ring (bicyclic) bond motifs is 1. The summed E-state index contributed by atoms with van der Waals surface area (Å²) >= 11 is 0. The molecule has 1 aliphatic rings. The molecule has 0 radical (unpaired) electrons. The number of hydrogen-bond acceptors (Lipinski definition) is 1. The minimum atomic E-state index is 0.174. The fourth-order valence-electron chi connectivity index (χ4n) is 3.18. The molecule has 102 valence electrons. The number of imidazole rings is 1. The van der Waals surface area contributed by atoms with E-state index in [9.17, 15) is 4.79 Å². The Morgan fingerprint density at radius 3 is 2.63 bits per heavy atom. The van der Waals surface area contributed by atoms with Gasteiger partial charge in [0.25, 0.3) is 0 Å². The molecule has 3 nitrogen and oxygen atoms in total. The molecule has 0 saturated heterocycles. The van der Waals surface area contributed by atoms with Gasteiger partial charge in [0.2, 0.25) is 0 Å². The molecule has 2 aromatic rings. The molecule has 2 atom stereocenters. The molecule has 1 heterocycles. The Balaban J connectivity index is 2.01. The lowest BCUT2D eigenvalue weighted by molar-refractivity contribution is 0.571. The standard InChI is InChI=1S/C16H22N2O/c1-3-5-8-12-11-15(12)18-14-10-7-6-9-13(14)17(4-2)16(18)19/h6-7,9-10,12,15H,3-5,8,11H2,1-2H3/t12-,15-/m0/s1. The second-order valence-corrected chi connectivity index (χ2v) is 5.59. The summed E-state index contributed by atoms with van der Waals surface area (Å²) in [6.07, 6.45) is 4.97. The van der Waals surface area contributed by atoms with Crippen LogP contribution in [-0.4, -0.2) is 9.13 Å². The maximum absolute atomic E-state index is 12.5. The smallest absolute Gasteiger partial charge is 0.292 e. The maximum atomic E-state index is 12.5. The van der Waals surface area contributed by atoms with Crippen molar-refractivity contribution in [3.05, 3.63) is 34.7 Å². The van der Waals surface area contributed by atoms with Crippen molar-refractivity contribution in [2.45, 2.75) is 52.1 Å². The van der Waals surface area contributed by atoms with E-state index in [0.717, 1.165) is 17.6 Å². The molecule has 1 aromatic carbocycles. The molecule has 0 amide bonds. The summed E-state index contributed by atoms with van der Waals surface area (Å²) in [5, 5.41) is 0. The zero-order valence-corrected chi connectivity index (χ0v) is 11.8. The lowest BCUT2D eigenvalue weighted by Crippen LogP contribution is -2.23. The van der Waals surface area contributed by atoms with Crippen molar-refractivity contribution in [2.24, 2.45) is 5.92 Å². The Hall–Kier alpha value is -1.51. The molecule has 0 spiro atoms. The number of aryl methyl sites for hydroxylation is 1. The quantitative estimate of drug-likeness (QED) is 0.805. The van der Waals surface area contributed by atoms with Crippen molar-refractivity contribution in [2.75, 3.05) is 0 Å². The molecule has 1 saturated carbocycles. The van der Waals surface area contributed by atoms with E-state index in [1.165, 1.54) is 25.7 Å². The predicted octanol–water partition coefficient (Wildman–Crippen LogP) is 3.57. The summed E-state index contributed by atoms with van der Waals surface area (Å²) in [5.41, 5.74) is 2.36. The van der Waals surface area contributed by atoms with Crippen molar-refractivity contribution in [3.8, 4) is 0 Å². The van der Waals surface area contributed by atoms with Gasteiger partial charge in [0.1, 0.15) is 0 Å². The largest absolute Gasteiger partial charge is 0.329 e. The van der Waals surface area contributed by atoms with Crippen molar-refractivity contribution in [3.63, 3.8) is 0 Å². The summed E-state index contributed by atoms with van der Waals surface area (Å²) in [4.78, 5) is 12.5. The average Bonchev–Trinajstić information content (AvgIpc) is 3.12. The van der Waals surface area contributed by atoms with Gasteiger partial charge in [-0.05, 0) is 37.8 Å². The summed E-state index contributed by atoms with van der Waals surface area (Å²) in [6, 6.07) is 8.62. The molecule has 0 aliphatic heterocycles. The second kappa shape index (κ2) is 4.87. The van der Waals surface area contributed by atoms with E-state index in [2.05, 4.69) is 19.1 Å². The van der Waals surface area contributed by atoms with Crippen LogP contribution in [0.15, 0.2) is 29.1 Å². The Labute approximate surface area is 113 Å². The number of rotatable bonds is 5. The summed E-state index contributed by atoms with van der Waals surface area (Å²) in [6.45, 7) is 5.02. The zero-order chi connectivity index (χ0) is 13.4. The van der Waals surface area contributed by atoms with Crippen LogP contribution in [0.5, 0.6) is 0 Å². The van der Waals surface area contributed by atoms with E-state index in [0.29, 0.717) is 12.0 Å². The number of hydrogen-bond donors (Lipinski definition) is 0. The van der Waals surface area contributed by atoms with E-state index in [1.807, 2.05) is 28.2 Å². The zero-order valence-electron chi connectivity index (χ0n) is 11.8. The molecule has 3 rings (SSSR count). The SMILES string of the molecule is CCCC[C@H]1C[C@@H]1n1c(=O)n(CC)c2ccccc21. The molecule has 1 aliphatic carbocycles. The van der Waals surface area contributed by atoms with Gasteiger partial charge in [-0.1, -0.05) is 31.9 Å². The van der Waals surface area contributed by atoms with Crippen LogP contribution in [-0.2, 0) is 6.54 Å². The summed E-state index contributed by atoms with van der Waals surface area (Å²) in [5.74, 6) is 0.716. The highest BCUT2D eigenvalue weighted by atomic mass is 16.1. The molecule has 0 bridgehead atoms. The van der Waals surface area contributed by atoms with Crippen molar-refractivity contribution in [1.82, 2.24) is 9.13 Å². The molecule has 0 unspecified atom stereocenters. The first kappa shape index (κ1) is 12.5. The molecular formula is C16H22N2O. The predicted molar refractivity (Wildman–Crippen MR) is 78.5 cm³/mol. The lowest BCUT2D eigenvalue weighted by atomic mass is 10.2. The maximum Gasteiger partial charge on any atom is 0.329 e. The van der Waals surface area contributed by atoms with Gasteiger partial charge >= 0.3 is 5.69 Å². The summed E-state index contributed by atoms with van der Waals surface area (Å²) in [7, 11) is 0. The lowest BCUT2D eigenvalue weighted by Gasteiger charge is -2.02. The Kier molecular flexibility index (Phi) is 3.21. The van der Waals surface area contributed by atoms with Gasteiger partial charge in [0, 0.05) is 12.6 Å². The van der Waals surface area contributed by atoms with Gasteiger partial charge in [-0.15, -0.1) is 0 Å². The molecule has 1 aromatic heterocycles. The number of unbranched alkanes of at least 4 members (excludes halogenated alkanes) is 1. The van der Waals surface area contributed by atoms with E-state index in [-0.39, 0.29) is 5.69 Å². The van der Waals surface area contributed by atoms with Crippen LogP contribution in [0, 0.1) is 5.92 Å². The number of benzene rings is 1. The Morgan fingerprint density at radius 1 is 1.21 bits per heavy atom. The van der Waals surface area contributed by atoms with E-state index >= 15 is 0 Å². The third kappa shape index (κ3) is 2.01. The van der Waals surface area contributed by atoms with Crippen LogP contribution < -0.4 is 5.69 Å². The van der Waals surface area contributed by atoms with Crippen LogP contribution in [0.25, 0.3) is 11.0 Å². The van der Waals surface area contributed by atoms with Crippen molar-refractivity contribution in [1.29, 1.82) is 0 Å². The highest BCUT2D eigenvalue weighted by molar-refractivity contribution is 5.76. The topological polar surface area (TPSA) is 26.9 Å². The highest BCUT2D eigenvalue weighted by Crippen LogP contribution is 2.47. The van der Waals surface area contributed by atoms with Gasteiger partial charge in [0.05, 0.1) is 11.0 Å². The van der Waals surface area contributed by atoms with Gasteiger partial charge in [-0.2, -0.15) is 0 Å². The second-order valence-electron chi connectivity index (χ2n) is 5.59. The van der Waals surface area contributed by atoms with Crippen LogP contribution in [0.3, 0.4) is 0 Å². The van der Waals surface area contributed by atoms with E-state index in [1.54, 1.807) is 0 Å². The fourth-order valence-corrected chi connectivity index (χ4v) is 3.18. The average molecular weight is 258 g/mol. The third-order valence-electron chi connectivity index (χ3n) is 4.33. The molecular weight excluding hydrogens is 236 g/mol. The van der Waals surface area contributed by atoms with Gasteiger partial charge in [-0.3, -0.25) is 9.13 Å². The normalized spacial score (nSPS) is 22.0. The Morgan fingerprint density at radius 2 is 1.95 bits per heavy atom. The van der Waals surface area contributed by atoms with Crippen LogP contribution in [0.2, 0.25) is 0 Å². The van der Waals surface area contributed by atoms with Crippen LogP contribution in [0.1, 0.15) is 45.6 Å². The van der Waals surface area contributed by atoms with Gasteiger partial charge in [0.15, 0.2) is 0 Å². The van der Waals surface area contributed by atoms with E-state index in [4.69, 9.17) is 0 Å². The van der Waals surface area contributed by atoms with Gasteiger partial charge in [-0.25, -0.2) is 4.79 Å². The number of aromatic nitrogens is 2. The van der Waals surface area contributed by atoms with E-state index < -0.39 is 0 Å². The van der Waals surface area contributed by atoms with Crippen LogP contribution >= 0.6 is 0 Å². The third-order valence-corrected chi connectivity index (χ3v) is 4.33. The van der Waals surface area contributed by atoms with Gasteiger partial charge < -0.3 is 0 Å².